The molecule has 0 saturated carbocycles. The molecule has 1 aromatic carbocycles. The van der Waals surface area contributed by atoms with Crippen LogP contribution in [0.2, 0.25) is 0 Å². The number of rotatable bonds is 4. The SMILES string of the molecule is CC(=O)N[C@@H](NC(=S)Nc1ccccc1[N+](=O)[O-])C(Cl)(Cl)Cl. The van der Waals surface area contributed by atoms with Gasteiger partial charge in [0.15, 0.2) is 5.11 Å². The number of alkyl halides is 3. The van der Waals surface area contributed by atoms with E-state index in [0.29, 0.717) is 0 Å². The number of nitrogens with one attached hydrogen (secondary N) is 3. The number of anilines is 1. The van der Waals surface area contributed by atoms with Crippen LogP contribution in [0.4, 0.5) is 11.4 Å². The number of thiocarbonyl (C=S) groups is 1. The maximum absolute atomic E-state index is 11.1. The summed E-state index contributed by atoms with van der Waals surface area (Å²) in [6.45, 7) is 1.24. The Morgan fingerprint density at radius 1 is 1.32 bits per heavy atom. The van der Waals surface area contributed by atoms with Gasteiger partial charge in [0.2, 0.25) is 9.70 Å². The third kappa shape index (κ3) is 5.80. The molecule has 0 fully saturated rings. The first-order valence-corrected chi connectivity index (χ1v) is 7.30. The smallest absolute Gasteiger partial charge is 0.292 e. The van der Waals surface area contributed by atoms with Crippen LogP contribution >= 0.6 is 47.0 Å². The van der Waals surface area contributed by atoms with Crippen molar-refractivity contribution >= 4 is 69.4 Å². The van der Waals surface area contributed by atoms with Gasteiger partial charge in [0.1, 0.15) is 11.9 Å². The number of hydrogen-bond donors (Lipinski definition) is 3. The molecule has 0 aliphatic heterocycles. The molecule has 11 heteroatoms. The van der Waals surface area contributed by atoms with Crippen LogP contribution in [-0.4, -0.2) is 25.9 Å². The third-order valence-electron chi connectivity index (χ3n) is 2.30. The number of benzene rings is 1. The Bertz CT molecular complexity index is 594. The zero-order valence-electron chi connectivity index (χ0n) is 11.1. The molecular formula is C11H11Cl3N4O3S. The van der Waals surface area contributed by atoms with Crippen molar-refractivity contribution in [2.45, 2.75) is 16.9 Å². The summed E-state index contributed by atoms with van der Waals surface area (Å²) >= 11 is 22.2. The summed E-state index contributed by atoms with van der Waals surface area (Å²) < 4.78 is -1.87. The van der Waals surface area contributed by atoms with Gasteiger partial charge in [-0.15, -0.1) is 0 Å². The summed E-state index contributed by atoms with van der Waals surface area (Å²) in [5, 5.41) is 18.4. The topological polar surface area (TPSA) is 96.3 Å². The molecule has 0 aromatic heterocycles. The molecule has 3 N–H and O–H groups in total. The molecule has 0 spiro atoms. The minimum Gasteiger partial charge on any atom is -0.339 e. The fourth-order valence-corrected chi connectivity index (χ4v) is 1.99. The van der Waals surface area contributed by atoms with Crippen LogP contribution in [0.25, 0.3) is 0 Å². The van der Waals surface area contributed by atoms with E-state index in [1.54, 1.807) is 6.07 Å². The Labute approximate surface area is 146 Å². The first kappa shape index (κ1) is 18.7. The molecular weight excluding hydrogens is 375 g/mol. The van der Waals surface area contributed by atoms with E-state index in [9.17, 15) is 14.9 Å². The first-order chi connectivity index (χ1) is 10.1. The van der Waals surface area contributed by atoms with Gasteiger partial charge >= 0.3 is 0 Å². The Hall–Kier alpha value is -1.35. The zero-order valence-corrected chi connectivity index (χ0v) is 14.2. The molecule has 22 heavy (non-hydrogen) atoms. The molecule has 0 bridgehead atoms. The molecule has 1 amide bonds. The average Bonchev–Trinajstić information content (AvgIpc) is 2.36. The summed E-state index contributed by atoms with van der Waals surface area (Å²) in [5.74, 6) is -0.447. The minimum atomic E-state index is -1.87. The van der Waals surface area contributed by atoms with Crippen LogP contribution in [-0.2, 0) is 4.79 Å². The van der Waals surface area contributed by atoms with E-state index >= 15 is 0 Å². The minimum absolute atomic E-state index is 0.0561. The molecule has 1 atom stereocenters. The Kier molecular flexibility index (Phi) is 6.61. The predicted molar refractivity (Wildman–Crippen MR) is 90.3 cm³/mol. The largest absolute Gasteiger partial charge is 0.339 e. The van der Waals surface area contributed by atoms with Crippen LogP contribution < -0.4 is 16.0 Å². The summed E-state index contributed by atoms with van der Waals surface area (Å²) in [6, 6.07) is 5.89. The molecule has 1 rings (SSSR count). The van der Waals surface area contributed by atoms with Gasteiger partial charge < -0.3 is 16.0 Å². The number of nitro groups is 1. The highest BCUT2D eigenvalue weighted by Crippen LogP contribution is 2.29. The Morgan fingerprint density at radius 2 is 1.91 bits per heavy atom. The average molecular weight is 386 g/mol. The summed E-state index contributed by atoms with van der Waals surface area (Å²) in [4.78, 5) is 21.5. The number of carbonyl (C=O) groups is 1. The summed E-state index contributed by atoms with van der Waals surface area (Å²) in [6.07, 6.45) is -1.11. The molecule has 0 aliphatic carbocycles. The normalized spacial score (nSPS) is 12.2. The van der Waals surface area contributed by atoms with E-state index < -0.39 is 20.8 Å². The lowest BCUT2D eigenvalue weighted by Gasteiger charge is -2.27. The monoisotopic (exact) mass is 384 g/mol. The number of hydrogen-bond acceptors (Lipinski definition) is 4. The summed E-state index contributed by atoms with van der Waals surface area (Å²) in [7, 11) is 0. The van der Waals surface area contributed by atoms with Gasteiger partial charge in [-0.25, -0.2) is 0 Å². The maximum Gasteiger partial charge on any atom is 0.292 e. The molecule has 1 aromatic rings. The van der Waals surface area contributed by atoms with Crippen molar-refractivity contribution in [2.75, 3.05) is 5.32 Å². The van der Waals surface area contributed by atoms with Crippen LogP contribution in [0, 0.1) is 10.1 Å². The first-order valence-electron chi connectivity index (χ1n) is 5.76. The van der Waals surface area contributed by atoms with E-state index in [4.69, 9.17) is 47.0 Å². The van der Waals surface area contributed by atoms with Gasteiger partial charge in [-0.05, 0) is 18.3 Å². The lowest BCUT2D eigenvalue weighted by Crippen LogP contribution is -2.55. The van der Waals surface area contributed by atoms with Crippen LogP contribution in [0.1, 0.15) is 6.92 Å². The van der Waals surface area contributed by atoms with E-state index in [1.807, 2.05) is 0 Å². The highest BCUT2D eigenvalue weighted by atomic mass is 35.6. The van der Waals surface area contributed by atoms with E-state index in [2.05, 4.69) is 16.0 Å². The van der Waals surface area contributed by atoms with Gasteiger partial charge in [-0.2, -0.15) is 0 Å². The number of para-hydroxylation sites is 2. The molecule has 120 valence electrons. The second kappa shape index (κ2) is 7.77. The van der Waals surface area contributed by atoms with Gasteiger partial charge in [0.05, 0.1) is 4.92 Å². The number of halogens is 3. The third-order valence-corrected chi connectivity index (χ3v) is 3.17. The van der Waals surface area contributed by atoms with Crippen molar-refractivity contribution in [1.82, 2.24) is 10.6 Å². The Morgan fingerprint density at radius 3 is 2.41 bits per heavy atom. The highest BCUT2D eigenvalue weighted by Gasteiger charge is 2.34. The van der Waals surface area contributed by atoms with Crippen molar-refractivity contribution in [2.24, 2.45) is 0 Å². The number of nitro benzene ring substituents is 1. The molecule has 7 nitrogen and oxygen atoms in total. The quantitative estimate of drug-likeness (QED) is 0.242. The Balaban J connectivity index is 2.84. The molecule has 0 aliphatic rings. The standard InChI is InChI=1S/C11H11Cl3N4O3S/c1-6(19)15-9(11(12,13)14)17-10(22)16-7-4-2-3-5-8(7)18(20)21/h2-5,9H,1H3,(H,15,19)(H2,16,17,22)/t9-/m0/s1. The van der Waals surface area contributed by atoms with Gasteiger partial charge in [-0.1, -0.05) is 46.9 Å². The van der Waals surface area contributed by atoms with Crippen molar-refractivity contribution in [3.63, 3.8) is 0 Å². The molecule has 0 unspecified atom stereocenters. The number of nitrogens with zero attached hydrogens (tertiary/aromatic N) is 1. The van der Waals surface area contributed by atoms with Crippen LogP contribution in [0.15, 0.2) is 24.3 Å². The number of amides is 1. The van der Waals surface area contributed by atoms with Crippen LogP contribution in [0.3, 0.4) is 0 Å². The van der Waals surface area contributed by atoms with E-state index in [-0.39, 0.29) is 16.5 Å². The molecule has 0 radical (unpaired) electrons. The van der Waals surface area contributed by atoms with Crippen molar-refractivity contribution < 1.29 is 9.72 Å². The second-order valence-electron chi connectivity index (χ2n) is 4.05. The lowest BCUT2D eigenvalue weighted by molar-refractivity contribution is -0.383. The zero-order chi connectivity index (χ0) is 16.9. The van der Waals surface area contributed by atoms with Gasteiger partial charge in [0, 0.05) is 13.0 Å². The molecule has 0 heterocycles. The van der Waals surface area contributed by atoms with Gasteiger partial charge in [0.25, 0.3) is 5.69 Å². The fourth-order valence-electron chi connectivity index (χ4n) is 1.43. The van der Waals surface area contributed by atoms with Gasteiger partial charge in [-0.3, -0.25) is 14.9 Å². The maximum atomic E-state index is 11.1. The van der Waals surface area contributed by atoms with E-state index in [0.717, 1.165) is 0 Å². The van der Waals surface area contributed by atoms with Crippen LogP contribution in [0.5, 0.6) is 0 Å². The van der Waals surface area contributed by atoms with Crippen molar-refractivity contribution in [3.8, 4) is 0 Å². The number of carbonyl (C=O) groups excluding carboxylic acids is 1. The summed E-state index contributed by atoms with van der Waals surface area (Å²) in [5.41, 5.74) is -0.00694. The highest BCUT2D eigenvalue weighted by molar-refractivity contribution is 7.80. The lowest BCUT2D eigenvalue weighted by atomic mass is 10.3. The van der Waals surface area contributed by atoms with Crippen molar-refractivity contribution in [1.29, 1.82) is 0 Å². The van der Waals surface area contributed by atoms with Crippen molar-refractivity contribution in [3.05, 3.63) is 34.4 Å². The predicted octanol–water partition coefficient (Wildman–Crippen LogP) is 2.71. The molecule has 0 saturated heterocycles. The second-order valence-corrected chi connectivity index (χ2v) is 6.83. The fraction of sp³-hybridized carbons (Fsp3) is 0.273. The van der Waals surface area contributed by atoms with E-state index in [1.165, 1.54) is 25.1 Å².